The Morgan fingerprint density at radius 2 is 1.62 bits per heavy atom. The lowest BCUT2D eigenvalue weighted by molar-refractivity contribution is -0.120. The zero-order chi connectivity index (χ0) is 16.3. The first kappa shape index (κ1) is 19.6. The van der Waals surface area contributed by atoms with Crippen molar-refractivity contribution in [1.82, 2.24) is 10.6 Å². The van der Waals surface area contributed by atoms with E-state index in [1.165, 1.54) is 19.9 Å². The minimum Gasteiger partial charge on any atom is -0.356 e. The molecule has 0 radical (unpaired) electrons. The standard InChI is InChI=1S/C8H16N2O2.C4H4O3S2/c1-7(11)9-5-3-4-6-10-8(2)12;5-9(6,7)4-2-1-3-8-4/h3-6H2,1-2H3,(H,9,11)(H,10,12);1-3H,(H,5,6,7). The molecule has 3 N–H and O–H groups in total. The highest BCUT2D eigenvalue weighted by Gasteiger charge is 2.08. The van der Waals surface area contributed by atoms with Gasteiger partial charge in [-0.05, 0) is 24.3 Å². The molecule has 1 rings (SSSR count). The average molecular weight is 336 g/mol. The molecular formula is C12H20N2O5S2. The van der Waals surface area contributed by atoms with Crippen LogP contribution in [0, 0.1) is 0 Å². The number of carbonyl (C=O) groups excluding carboxylic acids is 2. The van der Waals surface area contributed by atoms with E-state index in [0.717, 1.165) is 24.2 Å². The molecule has 1 aromatic heterocycles. The SMILES string of the molecule is CC(=O)NCCCCNC(C)=O.O=S(=O)(O)c1cccs1. The van der Waals surface area contributed by atoms with Crippen LogP contribution in [0.15, 0.2) is 21.7 Å². The summed E-state index contributed by atoms with van der Waals surface area (Å²) in [7, 11) is -3.94. The largest absolute Gasteiger partial charge is 0.356 e. The summed E-state index contributed by atoms with van der Waals surface area (Å²) >= 11 is 0.992. The van der Waals surface area contributed by atoms with E-state index >= 15 is 0 Å². The predicted octanol–water partition coefficient (Wildman–Crippen LogP) is 1.03. The van der Waals surface area contributed by atoms with E-state index in [1.807, 2.05) is 0 Å². The number of hydrogen-bond acceptors (Lipinski definition) is 5. The fourth-order valence-corrected chi connectivity index (χ4v) is 2.54. The van der Waals surface area contributed by atoms with Crippen molar-refractivity contribution in [2.45, 2.75) is 30.9 Å². The van der Waals surface area contributed by atoms with E-state index in [9.17, 15) is 18.0 Å². The van der Waals surface area contributed by atoms with Crippen LogP contribution in [0.1, 0.15) is 26.7 Å². The summed E-state index contributed by atoms with van der Waals surface area (Å²) in [5.41, 5.74) is 0. The van der Waals surface area contributed by atoms with Gasteiger partial charge < -0.3 is 10.6 Å². The Kier molecular flexibility index (Phi) is 9.59. The van der Waals surface area contributed by atoms with E-state index in [0.29, 0.717) is 13.1 Å². The number of thiophene rings is 1. The second kappa shape index (κ2) is 10.3. The van der Waals surface area contributed by atoms with Gasteiger partial charge in [0.25, 0.3) is 0 Å². The van der Waals surface area contributed by atoms with Crippen LogP contribution in [0.25, 0.3) is 0 Å². The van der Waals surface area contributed by atoms with E-state index in [4.69, 9.17) is 4.55 Å². The van der Waals surface area contributed by atoms with Crippen LogP contribution in [-0.4, -0.2) is 37.9 Å². The molecule has 0 unspecified atom stereocenters. The van der Waals surface area contributed by atoms with Crippen LogP contribution >= 0.6 is 11.3 Å². The van der Waals surface area contributed by atoms with E-state index in [1.54, 1.807) is 11.4 Å². The first-order valence-electron chi connectivity index (χ1n) is 6.23. The molecule has 9 heteroatoms. The smallest absolute Gasteiger partial charge is 0.304 e. The Morgan fingerprint density at radius 1 is 1.14 bits per heavy atom. The van der Waals surface area contributed by atoms with Crippen LogP contribution in [0.3, 0.4) is 0 Å². The highest BCUT2D eigenvalue weighted by Crippen LogP contribution is 2.14. The molecule has 21 heavy (non-hydrogen) atoms. The fourth-order valence-electron chi connectivity index (χ4n) is 1.19. The molecule has 0 aromatic carbocycles. The molecule has 1 aromatic rings. The molecule has 0 aliphatic carbocycles. The van der Waals surface area contributed by atoms with Crippen molar-refractivity contribution in [3.05, 3.63) is 17.5 Å². The third-order valence-corrected chi connectivity index (χ3v) is 4.33. The maximum absolute atomic E-state index is 10.4. The number of hydrogen-bond donors (Lipinski definition) is 3. The van der Waals surface area contributed by atoms with Crippen molar-refractivity contribution in [3.63, 3.8) is 0 Å². The Balaban J connectivity index is 0.000000394. The zero-order valence-corrected chi connectivity index (χ0v) is 13.6. The molecule has 2 amide bonds. The fraction of sp³-hybridized carbons (Fsp3) is 0.500. The molecule has 120 valence electrons. The molecule has 0 atom stereocenters. The number of unbranched alkanes of at least 4 members (excludes halogenated alkanes) is 1. The summed E-state index contributed by atoms with van der Waals surface area (Å²) in [6.45, 7) is 4.37. The quantitative estimate of drug-likeness (QED) is 0.530. The highest BCUT2D eigenvalue weighted by molar-refractivity contribution is 7.88. The van der Waals surface area contributed by atoms with Gasteiger partial charge in [0.05, 0.1) is 0 Å². The number of rotatable bonds is 6. The number of nitrogens with one attached hydrogen (secondary N) is 2. The molecule has 7 nitrogen and oxygen atoms in total. The maximum atomic E-state index is 10.4. The second-order valence-corrected chi connectivity index (χ2v) is 6.68. The Labute approximate surface area is 128 Å². The molecule has 0 bridgehead atoms. The molecular weight excluding hydrogens is 316 g/mol. The molecule has 0 aliphatic rings. The van der Waals surface area contributed by atoms with Crippen LogP contribution in [0.5, 0.6) is 0 Å². The van der Waals surface area contributed by atoms with E-state index < -0.39 is 10.1 Å². The van der Waals surface area contributed by atoms with Gasteiger partial charge in [-0.15, -0.1) is 11.3 Å². The van der Waals surface area contributed by atoms with Crippen LogP contribution in [-0.2, 0) is 19.7 Å². The zero-order valence-electron chi connectivity index (χ0n) is 12.0. The second-order valence-electron chi connectivity index (χ2n) is 4.08. The molecule has 0 spiro atoms. The monoisotopic (exact) mass is 336 g/mol. The van der Waals surface area contributed by atoms with Crippen LogP contribution < -0.4 is 10.6 Å². The van der Waals surface area contributed by atoms with Gasteiger partial charge in [0.1, 0.15) is 4.21 Å². The average Bonchev–Trinajstić information content (AvgIpc) is 2.87. The Hall–Kier alpha value is -1.45. The van der Waals surface area contributed by atoms with Crippen molar-refractivity contribution in [1.29, 1.82) is 0 Å². The van der Waals surface area contributed by atoms with Crippen molar-refractivity contribution < 1.29 is 22.6 Å². The van der Waals surface area contributed by atoms with Gasteiger partial charge in [0.15, 0.2) is 0 Å². The van der Waals surface area contributed by atoms with Crippen LogP contribution in [0.2, 0.25) is 0 Å². The van der Waals surface area contributed by atoms with Crippen LogP contribution in [0.4, 0.5) is 0 Å². The van der Waals surface area contributed by atoms with Crippen molar-refractivity contribution in [2.75, 3.05) is 13.1 Å². The van der Waals surface area contributed by atoms with Crippen molar-refractivity contribution in [2.24, 2.45) is 0 Å². The summed E-state index contributed by atoms with van der Waals surface area (Å²) < 4.78 is 28.9. The normalized spacial score (nSPS) is 10.2. The summed E-state index contributed by atoms with van der Waals surface area (Å²) in [6, 6.07) is 2.91. The van der Waals surface area contributed by atoms with Gasteiger partial charge >= 0.3 is 10.1 Å². The number of amides is 2. The first-order valence-corrected chi connectivity index (χ1v) is 8.55. The first-order chi connectivity index (χ1) is 9.73. The van der Waals surface area contributed by atoms with Crippen molar-refractivity contribution in [3.8, 4) is 0 Å². The topological polar surface area (TPSA) is 113 Å². The third-order valence-electron chi connectivity index (χ3n) is 2.10. The lowest BCUT2D eigenvalue weighted by Gasteiger charge is -2.02. The summed E-state index contributed by atoms with van der Waals surface area (Å²) in [6.07, 6.45) is 1.81. The molecule has 1 heterocycles. The van der Waals surface area contributed by atoms with Gasteiger partial charge in [-0.1, -0.05) is 6.07 Å². The molecule has 0 saturated carbocycles. The predicted molar refractivity (Wildman–Crippen MR) is 80.7 cm³/mol. The highest BCUT2D eigenvalue weighted by atomic mass is 32.3. The minimum atomic E-state index is -3.94. The molecule has 0 fully saturated rings. The van der Waals surface area contributed by atoms with Gasteiger partial charge in [-0.25, -0.2) is 0 Å². The van der Waals surface area contributed by atoms with Crippen molar-refractivity contribution >= 4 is 33.3 Å². The summed E-state index contributed by atoms with van der Waals surface area (Å²) in [5, 5.41) is 6.95. The maximum Gasteiger partial charge on any atom is 0.304 e. The van der Waals surface area contributed by atoms with Gasteiger partial charge in [0.2, 0.25) is 11.8 Å². The van der Waals surface area contributed by atoms with E-state index in [2.05, 4.69) is 10.6 Å². The Morgan fingerprint density at radius 3 is 1.86 bits per heavy atom. The lowest BCUT2D eigenvalue weighted by atomic mass is 10.3. The van der Waals surface area contributed by atoms with Gasteiger partial charge in [-0.2, -0.15) is 8.42 Å². The number of carbonyl (C=O) groups is 2. The lowest BCUT2D eigenvalue weighted by Crippen LogP contribution is -2.24. The van der Waals surface area contributed by atoms with E-state index in [-0.39, 0.29) is 16.0 Å². The molecule has 0 aliphatic heterocycles. The minimum absolute atomic E-state index is 0.00507. The summed E-state index contributed by atoms with van der Waals surface area (Å²) in [5.74, 6) is -0.0101. The third kappa shape index (κ3) is 12.0. The van der Waals surface area contributed by atoms with Gasteiger partial charge in [0, 0.05) is 26.9 Å². The van der Waals surface area contributed by atoms with Gasteiger partial charge in [-0.3, -0.25) is 14.1 Å². The summed E-state index contributed by atoms with van der Waals surface area (Å²) in [4.78, 5) is 20.8. The molecule has 0 saturated heterocycles. The Bertz CT molecular complexity index is 508.